The third kappa shape index (κ3) is 15.4. The zero-order valence-corrected chi connectivity index (χ0v) is 46.9. The molecule has 4 aromatic heterocycles. The molecule has 0 saturated carbocycles. The number of nitrogens with two attached hydrogens (primary N) is 2. The number of anilines is 3. The Balaban J connectivity index is 0.000000224. The highest BCUT2D eigenvalue weighted by Crippen LogP contribution is 2.39. The standard InChI is InChI=1S/C27H31Cl2FN6O2.C27H30Cl2FN5O4/c1-16(23-19(28)5-6-20(30)24(23)29)38-21-11-17(13-32-25(21)31)18-14-33-26(34-15-18)36-9-7-35(8-10-36)22(37)12-27(2,3)4;1-15(22-19(28)5-6-20(30)23(22)29)37-21-11-16(12-32-24(21)31)17-13-33-25(34-14-17)38-18-7-9-35(10-8-18)26(36)39-27(2,3)4/h5-6,11,13-16H,7-10,12H2,1-4H3,(H2,31,32);5-6,11-15,18H,7-10H2,1-4H3,(H2,31,32). The van der Waals surface area contributed by atoms with Crippen molar-refractivity contribution in [2.24, 2.45) is 5.41 Å². The Kier molecular flexibility index (Phi) is 18.8. The van der Waals surface area contributed by atoms with Gasteiger partial charge in [-0.1, -0.05) is 67.2 Å². The largest absolute Gasteiger partial charge is 0.482 e. The van der Waals surface area contributed by atoms with Gasteiger partial charge in [-0.05, 0) is 76.4 Å². The van der Waals surface area contributed by atoms with Gasteiger partial charge in [0.05, 0.1) is 10.0 Å². The van der Waals surface area contributed by atoms with E-state index in [0.29, 0.717) is 98.0 Å². The predicted octanol–water partition coefficient (Wildman–Crippen LogP) is 12.3. The fourth-order valence-electron chi connectivity index (χ4n) is 8.26. The van der Waals surface area contributed by atoms with Crippen LogP contribution in [0.1, 0.15) is 98.0 Å². The molecule has 0 spiro atoms. The Labute approximate surface area is 466 Å². The van der Waals surface area contributed by atoms with Crippen molar-refractivity contribution in [3.63, 3.8) is 0 Å². The second kappa shape index (κ2) is 24.8. The van der Waals surface area contributed by atoms with Crippen LogP contribution in [0.5, 0.6) is 17.5 Å². The molecule has 2 atom stereocenters. The molecular weight excluding hydrogens is 1080 g/mol. The van der Waals surface area contributed by atoms with E-state index in [0.717, 1.165) is 5.56 Å². The van der Waals surface area contributed by atoms with Crippen molar-refractivity contribution in [3.05, 3.63) is 116 Å². The second-order valence-electron chi connectivity index (χ2n) is 20.7. The van der Waals surface area contributed by atoms with E-state index in [1.54, 1.807) is 68.1 Å². The summed E-state index contributed by atoms with van der Waals surface area (Å²) in [5.41, 5.74) is 14.9. The van der Waals surface area contributed by atoms with Gasteiger partial charge in [0.25, 0.3) is 0 Å². The number of nitrogen functional groups attached to an aromatic ring is 2. The van der Waals surface area contributed by atoms with Gasteiger partial charge in [0.1, 0.15) is 35.5 Å². The third-order valence-electron chi connectivity index (χ3n) is 12.2. The highest BCUT2D eigenvalue weighted by molar-refractivity contribution is 6.36. The minimum atomic E-state index is -0.700. The van der Waals surface area contributed by atoms with Gasteiger partial charge in [0, 0.05) is 139 Å². The Morgan fingerprint density at radius 1 is 0.636 bits per heavy atom. The topological polar surface area (TPSA) is 210 Å². The van der Waals surface area contributed by atoms with Crippen molar-refractivity contribution in [2.45, 2.75) is 98.6 Å². The minimum Gasteiger partial charge on any atom is -0.482 e. The molecule has 23 heteroatoms. The van der Waals surface area contributed by atoms with Crippen LogP contribution in [0, 0.1) is 17.0 Å². The predicted molar refractivity (Wildman–Crippen MR) is 295 cm³/mol. The number of hydrogen-bond acceptors (Lipinski definition) is 15. The van der Waals surface area contributed by atoms with Gasteiger partial charge in [-0.25, -0.2) is 43.5 Å². The summed E-state index contributed by atoms with van der Waals surface area (Å²) in [6.07, 6.45) is 9.81. The molecule has 4 N–H and O–H groups in total. The van der Waals surface area contributed by atoms with Crippen LogP contribution in [0.15, 0.2) is 73.6 Å². The van der Waals surface area contributed by atoms with Crippen molar-refractivity contribution >= 4 is 76.0 Å². The molecule has 2 unspecified atom stereocenters. The van der Waals surface area contributed by atoms with E-state index in [1.165, 1.54) is 24.3 Å². The quantitative estimate of drug-likeness (QED) is 0.109. The number of piperidine rings is 1. The number of carbonyl (C=O) groups is 2. The summed E-state index contributed by atoms with van der Waals surface area (Å²) in [5.74, 6) is 0.476. The number of benzene rings is 2. The number of hydrogen-bond donors (Lipinski definition) is 2. The second-order valence-corrected chi connectivity index (χ2v) is 22.2. The minimum absolute atomic E-state index is 0.0351. The summed E-state index contributed by atoms with van der Waals surface area (Å²) in [6.45, 7) is 18.8. The van der Waals surface area contributed by atoms with Gasteiger partial charge in [0.2, 0.25) is 11.9 Å². The van der Waals surface area contributed by atoms with Gasteiger partial charge in [0.15, 0.2) is 23.1 Å². The lowest BCUT2D eigenvalue weighted by Gasteiger charge is -2.36. The average molecular weight is 1140 g/mol. The lowest BCUT2D eigenvalue weighted by molar-refractivity contribution is -0.133. The lowest BCUT2D eigenvalue weighted by Crippen LogP contribution is -2.49. The maximum Gasteiger partial charge on any atom is 0.410 e. The van der Waals surface area contributed by atoms with Crippen molar-refractivity contribution < 1.29 is 37.3 Å². The zero-order valence-electron chi connectivity index (χ0n) is 43.9. The summed E-state index contributed by atoms with van der Waals surface area (Å²) < 4.78 is 51.3. The number of rotatable bonds is 12. The molecule has 6 heterocycles. The molecule has 8 rings (SSSR count). The fourth-order valence-corrected chi connectivity index (χ4v) is 9.61. The van der Waals surface area contributed by atoms with E-state index < -0.39 is 29.4 Å². The van der Waals surface area contributed by atoms with Gasteiger partial charge in [-0.2, -0.15) is 0 Å². The molecule has 2 aliphatic heterocycles. The first kappa shape index (κ1) is 58.1. The van der Waals surface area contributed by atoms with Crippen molar-refractivity contribution in [3.8, 4) is 39.8 Å². The van der Waals surface area contributed by atoms with Gasteiger partial charge in [-0.15, -0.1) is 0 Å². The van der Waals surface area contributed by atoms with Crippen LogP contribution in [0.4, 0.5) is 31.2 Å². The number of piperazine rings is 1. The summed E-state index contributed by atoms with van der Waals surface area (Å²) in [6, 6.07) is 8.88. The molecule has 410 valence electrons. The molecule has 2 fully saturated rings. The maximum absolute atomic E-state index is 14.0. The van der Waals surface area contributed by atoms with Crippen LogP contribution >= 0.6 is 46.4 Å². The number of likely N-dealkylation sites (tertiary alicyclic amines) is 1. The first-order valence-corrected chi connectivity index (χ1v) is 26.3. The molecule has 77 heavy (non-hydrogen) atoms. The molecular formula is C54H61Cl4F2N11O6. The number of halogens is 6. The van der Waals surface area contributed by atoms with Crippen molar-refractivity contribution in [2.75, 3.05) is 55.6 Å². The summed E-state index contributed by atoms with van der Waals surface area (Å²) in [7, 11) is 0. The smallest absolute Gasteiger partial charge is 0.410 e. The SMILES string of the molecule is CC(Oc1cc(-c2cnc(N3CCN(C(=O)CC(C)(C)C)CC3)nc2)cnc1N)c1c(Cl)ccc(F)c1Cl.CC(Oc1cc(-c2cnc(OC3CCN(C(=O)OC(C)(C)C)CC3)nc2)cnc1N)c1c(Cl)ccc(F)c1Cl. The number of carbonyl (C=O) groups excluding carboxylic acids is 2. The van der Waals surface area contributed by atoms with E-state index >= 15 is 0 Å². The van der Waals surface area contributed by atoms with Crippen LogP contribution in [0.3, 0.4) is 0 Å². The first-order chi connectivity index (χ1) is 36.3. The fraction of sp³-hybridized carbons (Fsp3) is 0.407. The molecule has 17 nitrogen and oxygen atoms in total. The molecule has 6 aromatic rings. The van der Waals surface area contributed by atoms with E-state index in [4.69, 9.17) is 76.8 Å². The summed E-state index contributed by atoms with van der Waals surface area (Å²) in [5, 5.41) is 0.347. The number of amides is 2. The highest BCUT2D eigenvalue weighted by atomic mass is 35.5. The Bertz CT molecular complexity index is 3040. The van der Waals surface area contributed by atoms with Crippen LogP contribution in [0.2, 0.25) is 20.1 Å². The third-order valence-corrected chi connectivity index (χ3v) is 13.7. The van der Waals surface area contributed by atoms with E-state index in [2.05, 4.69) is 55.6 Å². The molecule has 0 bridgehead atoms. The van der Waals surface area contributed by atoms with Crippen LogP contribution in [-0.2, 0) is 9.53 Å². The van der Waals surface area contributed by atoms with Crippen molar-refractivity contribution in [1.82, 2.24) is 39.7 Å². The molecule has 2 saturated heterocycles. The number of pyridine rings is 2. The number of nitrogens with zero attached hydrogens (tertiary/aromatic N) is 9. The summed E-state index contributed by atoms with van der Waals surface area (Å²) >= 11 is 24.7. The van der Waals surface area contributed by atoms with Gasteiger partial charge in [-0.3, -0.25) is 4.79 Å². The first-order valence-electron chi connectivity index (χ1n) is 24.8. The molecule has 0 radical (unpaired) electrons. The maximum atomic E-state index is 14.0. The Hall–Kier alpha value is -6.54. The Morgan fingerprint density at radius 3 is 1.52 bits per heavy atom. The molecule has 2 aromatic carbocycles. The number of aromatic nitrogens is 6. The average Bonchev–Trinajstić information content (AvgIpc) is 3.38. The highest BCUT2D eigenvalue weighted by Gasteiger charge is 2.30. The monoisotopic (exact) mass is 1140 g/mol. The lowest BCUT2D eigenvalue weighted by atomic mass is 9.91. The molecule has 0 aliphatic carbocycles. The normalized spacial score (nSPS) is 15.0. The summed E-state index contributed by atoms with van der Waals surface area (Å²) in [4.78, 5) is 56.6. The van der Waals surface area contributed by atoms with Crippen molar-refractivity contribution in [1.29, 1.82) is 0 Å². The molecule has 2 aliphatic rings. The van der Waals surface area contributed by atoms with Crippen LogP contribution in [-0.4, -0.2) is 103 Å². The zero-order chi connectivity index (χ0) is 55.9. The van der Waals surface area contributed by atoms with Crippen LogP contribution < -0.4 is 30.6 Å². The molecule has 2 amide bonds. The van der Waals surface area contributed by atoms with E-state index in [9.17, 15) is 18.4 Å². The van der Waals surface area contributed by atoms with Crippen LogP contribution in [0.25, 0.3) is 22.3 Å². The Morgan fingerprint density at radius 2 is 1.08 bits per heavy atom. The van der Waals surface area contributed by atoms with E-state index in [-0.39, 0.29) is 67.0 Å². The van der Waals surface area contributed by atoms with Gasteiger partial charge >= 0.3 is 12.1 Å². The number of ether oxygens (including phenoxy) is 4. The van der Waals surface area contributed by atoms with Gasteiger partial charge < -0.3 is 45.1 Å². The van der Waals surface area contributed by atoms with E-state index in [1.807, 2.05) is 25.7 Å².